The van der Waals surface area contributed by atoms with Crippen LogP contribution in [0.4, 0.5) is 0 Å². The molecule has 0 spiro atoms. The molecule has 45 heavy (non-hydrogen) atoms. The molecule has 0 bridgehead atoms. The fourth-order valence-electron chi connectivity index (χ4n) is 5.67. The van der Waals surface area contributed by atoms with Gasteiger partial charge in [0.05, 0.1) is 40.4 Å². The van der Waals surface area contributed by atoms with Gasteiger partial charge in [0.2, 0.25) is 0 Å². The van der Waals surface area contributed by atoms with Gasteiger partial charge in [-0.2, -0.15) is 0 Å². The van der Waals surface area contributed by atoms with E-state index in [2.05, 4.69) is 0 Å². The van der Waals surface area contributed by atoms with E-state index in [4.69, 9.17) is 28.1 Å². The van der Waals surface area contributed by atoms with Crippen molar-refractivity contribution < 1.29 is 43.1 Å². The molecule has 1 aromatic heterocycles. The summed E-state index contributed by atoms with van der Waals surface area (Å²) in [5.74, 6) is 1.36. The SMILES string of the molecule is COc1ccc(-c2cc(=O)c3c(O)cc(OC)c(-c4cc([C@@H]5CC(=O)c6c(cc(OC)c(C)c6O)O5)ccc4OC)c3o2)cc1. The van der Waals surface area contributed by atoms with Crippen molar-refractivity contribution in [1.29, 1.82) is 0 Å². The Bertz CT molecular complexity index is 2020. The van der Waals surface area contributed by atoms with Crippen LogP contribution in [0.3, 0.4) is 0 Å². The third-order valence-corrected chi connectivity index (χ3v) is 8.01. The summed E-state index contributed by atoms with van der Waals surface area (Å²) in [5, 5.41) is 21.5. The summed E-state index contributed by atoms with van der Waals surface area (Å²) in [5.41, 5.74) is 2.23. The molecule has 2 heterocycles. The van der Waals surface area contributed by atoms with Gasteiger partial charge in [-0.3, -0.25) is 9.59 Å². The number of ketones is 1. The normalized spacial score (nSPS) is 14.1. The third-order valence-electron chi connectivity index (χ3n) is 8.01. The first kappa shape index (κ1) is 29.4. The quantitative estimate of drug-likeness (QED) is 0.208. The van der Waals surface area contributed by atoms with E-state index in [9.17, 15) is 19.8 Å². The van der Waals surface area contributed by atoms with Gasteiger partial charge in [-0.05, 0) is 48.9 Å². The van der Waals surface area contributed by atoms with E-state index >= 15 is 0 Å². The third kappa shape index (κ3) is 4.94. The highest BCUT2D eigenvalue weighted by atomic mass is 16.5. The van der Waals surface area contributed by atoms with Crippen LogP contribution in [0, 0.1) is 6.92 Å². The lowest BCUT2D eigenvalue weighted by atomic mass is 9.91. The van der Waals surface area contributed by atoms with Gasteiger partial charge in [-0.1, -0.05) is 6.07 Å². The number of aromatic hydroxyl groups is 2. The Balaban J connectivity index is 1.54. The molecular formula is C35H30O10. The van der Waals surface area contributed by atoms with Crippen molar-refractivity contribution in [2.45, 2.75) is 19.4 Å². The Hall–Kier alpha value is -5.64. The minimum Gasteiger partial charge on any atom is -0.507 e. The molecule has 0 aliphatic carbocycles. The maximum Gasteiger partial charge on any atom is 0.197 e. The number of carbonyl (C=O) groups excluding carboxylic acids is 1. The molecule has 230 valence electrons. The first-order valence-corrected chi connectivity index (χ1v) is 14.0. The molecule has 5 aromatic rings. The van der Waals surface area contributed by atoms with Crippen LogP contribution in [0.1, 0.15) is 34.0 Å². The Morgan fingerprint density at radius 2 is 1.49 bits per heavy atom. The maximum atomic E-state index is 13.4. The van der Waals surface area contributed by atoms with E-state index in [0.29, 0.717) is 45.1 Å². The minimum absolute atomic E-state index is 0.0357. The summed E-state index contributed by atoms with van der Waals surface area (Å²) < 4.78 is 34.6. The summed E-state index contributed by atoms with van der Waals surface area (Å²) in [7, 11) is 5.97. The first-order chi connectivity index (χ1) is 21.7. The van der Waals surface area contributed by atoms with Crippen molar-refractivity contribution in [3.63, 3.8) is 0 Å². The maximum absolute atomic E-state index is 13.4. The van der Waals surface area contributed by atoms with Crippen molar-refractivity contribution in [2.75, 3.05) is 28.4 Å². The second kappa shape index (κ2) is 11.5. The van der Waals surface area contributed by atoms with Gasteiger partial charge in [0, 0.05) is 34.9 Å². The minimum atomic E-state index is -0.724. The second-order valence-electron chi connectivity index (χ2n) is 10.5. The molecule has 1 aliphatic rings. The number of benzene rings is 4. The molecule has 1 atom stereocenters. The number of fused-ring (bicyclic) bond motifs is 2. The standard InChI is InChI=1S/C35H30O10/c1-17-26(42-4)16-30-33(34(17)39)24(38)14-28(44-30)19-8-11-25(41-3)21(12-19)31-29(43-5)15-23(37)32-22(36)13-27(45-35(31)32)18-6-9-20(40-2)10-7-18/h6-13,15-16,28,37,39H,14H2,1-5H3/t28-/m0/s1. The van der Waals surface area contributed by atoms with Gasteiger partial charge in [0.25, 0.3) is 0 Å². The molecule has 0 amide bonds. The average Bonchev–Trinajstić information content (AvgIpc) is 3.05. The zero-order valence-corrected chi connectivity index (χ0v) is 25.2. The smallest absolute Gasteiger partial charge is 0.197 e. The first-order valence-electron chi connectivity index (χ1n) is 14.0. The molecule has 0 fully saturated rings. The van der Waals surface area contributed by atoms with Crippen molar-refractivity contribution in [3.05, 3.63) is 87.6 Å². The van der Waals surface area contributed by atoms with Crippen LogP contribution in [-0.4, -0.2) is 44.4 Å². The van der Waals surface area contributed by atoms with E-state index in [1.165, 1.54) is 33.5 Å². The molecule has 2 N–H and O–H groups in total. The predicted octanol–water partition coefficient (Wildman–Crippen LogP) is 6.59. The fourth-order valence-corrected chi connectivity index (χ4v) is 5.67. The number of carbonyl (C=O) groups is 1. The van der Waals surface area contributed by atoms with Crippen molar-refractivity contribution in [3.8, 4) is 62.7 Å². The zero-order valence-electron chi connectivity index (χ0n) is 25.2. The average molecular weight is 611 g/mol. The second-order valence-corrected chi connectivity index (χ2v) is 10.5. The molecule has 6 rings (SSSR count). The number of phenolic OH excluding ortho intramolecular Hbond substituents is 2. The molecule has 0 unspecified atom stereocenters. The van der Waals surface area contributed by atoms with Gasteiger partial charge in [0.15, 0.2) is 16.8 Å². The molecule has 1 aliphatic heterocycles. The zero-order chi connectivity index (χ0) is 32.0. The van der Waals surface area contributed by atoms with Crippen LogP contribution in [0.5, 0.6) is 40.2 Å². The molecule has 0 saturated heterocycles. The number of Topliss-reactive ketones (excluding diaryl/α,β-unsaturated/α-hetero) is 1. The van der Waals surface area contributed by atoms with Gasteiger partial charge < -0.3 is 38.3 Å². The van der Waals surface area contributed by atoms with E-state index in [1.807, 2.05) is 0 Å². The monoisotopic (exact) mass is 610 g/mol. The lowest BCUT2D eigenvalue weighted by Gasteiger charge is -2.28. The van der Waals surface area contributed by atoms with Crippen LogP contribution in [0.15, 0.2) is 69.9 Å². The molecule has 10 heteroatoms. The Morgan fingerprint density at radius 1 is 0.778 bits per heavy atom. The highest BCUT2D eigenvalue weighted by molar-refractivity contribution is 6.04. The van der Waals surface area contributed by atoms with E-state index in [-0.39, 0.29) is 57.5 Å². The molecule has 0 saturated carbocycles. The van der Waals surface area contributed by atoms with E-state index in [0.717, 1.165) is 0 Å². The Kier molecular flexibility index (Phi) is 7.49. The summed E-state index contributed by atoms with van der Waals surface area (Å²) in [6.07, 6.45) is -0.764. The fraction of sp³-hybridized carbons (Fsp3) is 0.200. The molecular weight excluding hydrogens is 580 g/mol. The van der Waals surface area contributed by atoms with Gasteiger partial charge in [0.1, 0.15) is 63.1 Å². The van der Waals surface area contributed by atoms with Crippen LogP contribution >= 0.6 is 0 Å². The van der Waals surface area contributed by atoms with Crippen LogP contribution < -0.4 is 29.1 Å². The number of ether oxygens (including phenoxy) is 5. The van der Waals surface area contributed by atoms with Crippen molar-refractivity contribution in [2.24, 2.45) is 0 Å². The number of phenols is 2. The summed E-state index contributed by atoms with van der Waals surface area (Å²) >= 11 is 0. The summed E-state index contributed by atoms with van der Waals surface area (Å²) in [6, 6.07) is 16.5. The number of methoxy groups -OCH3 is 4. The van der Waals surface area contributed by atoms with E-state index < -0.39 is 11.5 Å². The van der Waals surface area contributed by atoms with Crippen molar-refractivity contribution in [1.82, 2.24) is 0 Å². The van der Waals surface area contributed by atoms with Gasteiger partial charge in [-0.25, -0.2) is 0 Å². The largest absolute Gasteiger partial charge is 0.507 e. The topological polar surface area (TPSA) is 134 Å². The lowest BCUT2D eigenvalue weighted by molar-refractivity contribution is 0.0844. The van der Waals surface area contributed by atoms with Crippen molar-refractivity contribution >= 4 is 16.8 Å². The van der Waals surface area contributed by atoms with E-state index in [1.54, 1.807) is 62.6 Å². The lowest BCUT2D eigenvalue weighted by Crippen LogP contribution is -2.21. The summed E-state index contributed by atoms with van der Waals surface area (Å²) in [4.78, 5) is 26.7. The predicted molar refractivity (Wildman–Crippen MR) is 166 cm³/mol. The number of hydrogen-bond donors (Lipinski definition) is 2. The molecule has 4 aromatic carbocycles. The number of rotatable bonds is 7. The number of hydrogen-bond acceptors (Lipinski definition) is 10. The van der Waals surface area contributed by atoms with Gasteiger partial charge in [-0.15, -0.1) is 0 Å². The van der Waals surface area contributed by atoms with Crippen LogP contribution in [0.2, 0.25) is 0 Å². The van der Waals surface area contributed by atoms with Gasteiger partial charge >= 0.3 is 0 Å². The Labute approximate surface area is 257 Å². The Morgan fingerprint density at radius 3 is 2.16 bits per heavy atom. The molecule has 10 nitrogen and oxygen atoms in total. The van der Waals surface area contributed by atoms with Crippen LogP contribution in [0.25, 0.3) is 33.4 Å². The highest BCUT2D eigenvalue weighted by Crippen LogP contribution is 2.48. The summed E-state index contributed by atoms with van der Waals surface area (Å²) in [6.45, 7) is 1.66. The van der Waals surface area contributed by atoms with Crippen LogP contribution in [-0.2, 0) is 0 Å². The highest BCUT2D eigenvalue weighted by Gasteiger charge is 2.33. The molecule has 0 radical (unpaired) electrons.